The summed E-state index contributed by atoms with van der Waals surface area (Å²) in [7, 11) is 16.7. The van der Waals surface area contributed by atoms with E-state index in [1.807, 2.05) is 0 Å². The third-order valence-corrected chi connectivity index (χ3v) is 46.1. The van der Waals surface area contributed by atoms with Gasteiger partial charge in [0.15, 0.2) is 0 Å². The molecule has 0 amide bonds. The number of halogens is 2. The molecule has 4 aromatic rings. The molecule has 2 aliphatic rings. The fourth-order valence-corrected chi connectivity index (χ4v) is 28.0. The van der Waals surface area contributed by atoms with Crippen LogP contribution in [0.5, 0.6) is 0 Å². The quantitative estimate of drug-likeness (QED) is 0.183. The minimum absolute atomic E-state index is 0.0647. The molecule has 0 aliphatic heterocycles. The Bertz CT molecular complexity index is 1830. The molecule has 0 saturated carbocycles. The molecule has 2 aliphatic carbocycles. The van der Waals surface area contributed by atoms with Crippen LogP contribution >= 0.6 is 18.6 Å². The van der Waals surface area contributed by atoms with Crippen molar-refractivity contribution in [3.63, 3.8) is 0 Å². The summed E-state index contributed by atoms with van der Waals surface area (Å²) >= 11 is -4.38. The molecule has 0 radical (unpaired) electrons. The van der Waals surface area contributed by atoms with Gasteiger partial charge in [-0.1, -0.05) is 0 Å². The summed E-state index contributed by atoms with van der Waals surface area (Å²) in [6, 6.07) is 31.7. The van der Waals surface area contributed by atoms with Crippen LogP contribution in [0.25, 0.3) is 34.4 Å². The van der Waals surface area contributed by atoms with Gasteiger partial charge in [-0.2, -0.15) is 0 Å². The molecule has 0 heterocycles. The Morgan fingerprint density at radius 2 is 1.09 bits per heavy atom. The van der Waals surface area contributed by atoms with E-state index >= 15 is 0 Å². The van der Waals surface area contributed by atoms with Gasteiger partial charge in [-0.15, -0.1) is 0 Å². The zero-order chi connectivity index (χ0) is 32.6. The normalized spacial score (nSPS) is 18.8. The van der Waals surface area contributed by atoms with Crippen molar-refractivity contribution in [3.8, 4) is 22.3 Å². The van der Waals surface area contributed by atoms with E-state index < -0.39 is 19.1 Å². The molecule has 0 N–H and O–H groups in total. The van der Waals surface area contributed by atoms with Crippen LogP contribution < -0.4 is 0 Å². The van der Waals surface area contributed by atoms with Crippen LogP contribution in [-0.2, 0) is 23.3 Å². The van der Waals surface area contributed by atoms with Crippen LogP contribution in [0.3, 0.4) is 0 Å². The fourth-order valence-electron chi connectivity index (χ4n) is 7.78. The van der Waals surface area contributed by atoms with Gasteiger partial charge >= 0.3 is 283 Å². The molecule has 2 atom stereocenters. The van der Waals surface area contributed by atoms with Crippen LogP contribution in [0.15, 0.2) is 96.6 Å². The van der Waals surface area contributed by atoms with Crippen molar-refractivity contribution in [2.75, 3.05) is 0 Å². The SMILES string of the molecule is CC1=Cc2c(-c3ccc(C(C)(C)C)cc3)cccc2[CH]1[Ti]([Cl])([Cl])([CH]1C=Cc2c(-c3ccc(C(C)(C)C)cc3)cccc21)[SiH](C)C. The van der Waals surface area contributed by atoms with E-state index in [1.165, 1.54) is 61.2 Å². The van der Waals surface area contributed by atoms with Gasteiger partial charge < -0.3 is 0 Å². The van der Waals surface area contributed by atoms with Gasteiger partial charge in [-0.05, 0) is 0 Å². The number of rotatable bonds is 5. The standard InChI is InChI=1S/C20H21.C19H19.C2H7Si.2ClH.Ti/c1-14-12-16-6-5-7-18(19(16)13-14)15-8-10-17(11-9-15)20(2,3)4;1-19(2,3)16-12-10-15(11-13-16)18-9-5-7-14-6-4-8-17(14)18;1-3-2;;;/h5-13H,1-4H3;4-13H,1-3H3;3H,1-2H3;2*1H;/q;;;;;+2/p-2. The molecule has 45 heavy (non-hydrogen) atoms. The van der Waals surface area contributed by atoms with Crippen LogP contribution in [0.4, 0.5) is 0 Å². The Morgan fingerprint density at radius 1 is 0.622 bits per heavy atom. The Labute approximate surface area is 281 Å². The van der Waals surface area contributed by atoms with E-state index in [2.05, 4.69) is 165 Å². The molecule has 4 aromatic carbocycles. The first-order valence-electron chi connectivity index (χ1n) is 16.4. The summed E-state index contributed by atoms with van der Waals surface area (Å²) < 4.78 is 0.144. The van der Waals surface area contributed by atoms with Gasteiger partial charge in [0.25, 0.3) is 0 Å². The second-order valence-corrected chi connectivity index (χ2v) is 45.1. The van der Waals surface area contributed by atoms with E-state index in [4.69, 9.17) is 18.6 Å². The van der Waals surface area contributed by atoms with Crippen molar-refractivity contribution in [1.29, 1.82) is 0 Å². The van der Waals surface area contributed by atoms with Gasteiger partial charge in [-0.25, -0.2) is 0 Å². The number of allylic oxidation sites excluding steroid dienone is 2. The molecule has 0 spiro atoms. The van der Waals surface area contributed by atoms with Gasteiger partial charge in [0, 0.05) is 0 Å². The second-order valence-electron chi connectivity index (χ2n) is 15.8. The van der Waals surface area contributed by atoms with E-state index in [0.717, 1.165) is 0 Å². The van der Waals surface area contributed by atoms with Crippen molar-refractivity contribution < 1.29 is 12.4 Å². The first-order valence-corrected chi connectivity index (χ1v) is 28.1. The molecular weight excluding hydrogens is 639 g/mol. The molecule has 0 fully saturated rings. The van der Waals surface area contributed by atoms with Gasteiger partial charge in [0.2, 0.25) is 0 Å². The summed E-state index contributed by atoms with van der Waals surface area (Å²) in [6.07, 6.45) is 7.09. The maximum atomic E-state index is 8.36. The van der Waals surface area contributed by atoms with Crippen molar-refractivity contribution in [2.24, 2.45) is 0 Å². The fraction of sp³-hybridized carbons (Fsp3) is 0.317. The molecule has 0 nitrogen and oxygen atoms in total. The molecule has 233 valence electrons. The van der Waals surface area contributed by atoms with Gasteiger partial charge in [-0.3, -0.25) is 0 Å². The van der Waals surface area contributed by atoms with E-state index in [1.54, 1.807) is 0 Å². The number of benzene rings is 4. The van der Waals surface area contributed by atoms with Crippen LogP contribution in [0.1, 0.15) is 90.3 Å². The number of hydrogen-bond donors (Lipinski definition) is 0. The zero-order valence-electron chi connectivity index (χ0n) is 28.3. The van der Waals surface area contributed by atoms with Crippen molar-refractivity contribution in [3.05, 3.63) is 130 Å². The number of fused-ring (bicyclic) bond motifs is 2. The second kappa shape index (κ2) is 11.2. The van der Waals surface area contributed by atoms with Crippen molar-refractivity contribution >= 4 is 37.4 Å². The first-order chi connectivity index (χ1) is 21.0. The third-order valence-electron chi connectivity index (χ3n) is 10.6. The zero-order valence-corrected chi connectivity index (χ0v) is 32.5. The topological polar surface area (TPSA) is 0 Å². The average molecular weight is 687 g/mol. The molecule has 2 unspecified atom stereocenters. The predicted octanol–water partition coefficient (Wildman–Crippen LogP) is 12.8. The Kier molecular flexibility index (Phi) is 8.19. The van der Waals surface area contributed by atoms with E-state index in [-0.39, 0.29) is 19.3 Å². The first kappa shape index (κ1) is 32.8. The molecule has 0 bridgehead atoms. The predicted molar refractivity (Wildman–Crippen MR) is 200 cm³/mol. The molecular formula is C41H47Cl2SiTi. The van der Waals surface area contributed by atoms with E-state index in [9.17, 15) is 0 Å². The minimum atomic E-state index is -4.38. The summed E-state index contributed by atoms with van der Waals surface area (Å²) in [6.45, 7) is 19.1. The van der Waals surface area contributed by atoms with Gasteiger partial charge in [0.05, 0.1) is 0 Å². The molecule has 0 aromatic heterocycles. The summed E-state index contributed by atoms with van der Waals surface area (Å²) in [5, 5.41) is 0. The van der Waals surface area contributed by atoms with Crippen molar-refractivity contribution in [1.82, 2.24) is 0 Å². The number of hydrogen-bond acceptors (Lipinski definition) is 0. The third kappa shape index (κ3) is 5.41. The average Bonchev–Trinajstić information content (AvgIpc) is 3.58. The van der Waals surface area contributed by atoms with Crippen molar-refractivity contribution in [2.45, 2.75) is 80.8 Å². The van der Waals surface area contributed by atoms with Gasteiger partial charge in [0.1, 0.15) is 0 Å². The molecule has 0 saturated heterocycles. The van der Waals surface area contributed by atoms with Crippen LogP contribution in [0, 0.1) is 0 Å². The Hall–Kier alpha value is -2.13. The Balaban J connectivity index is 1.44. The monoisotopic (exact) mass is 685 g/mol. The molecule has 4 heteroatoms. The Morgan fingerprint density at radius 3 is 1.56 bits per heavy atom. The summed E-state index contributed by atoms with van der Waals surface area (Å²) in [5.74, 6) is 0. The summed E-state index contributed by atoms with van der Waals surface area (Å²) in [5.41, 5.74) is 14.5. The van der Waals surface area contributed by atoms with Crippen LogP contribution in [0.2, 0.25) is 13.1 Å². The maximum absolute atomic E-state index is 8.36. The summed E-state index contributed by atoms with van der Waals surface area (Å²) in [4.78, 5) is 0. The molecule has 6 rings (SSSR count). The van der Waals surface area contributed by atoms with E-state index in [0.29, 0.717) is 0 Å². The van der Waals surface area contributed by atoms with Crippen LogP contribution in [-0.4, -0.2) is 6.66 Å².